The van der Waals surface area contributed by atoms with Gasteiger partial charge in [-0.05, 0) is 81.6 Å². The third-order valence-electron chi connectivity index (χ3n) is 5.17. The van der Waals surface area contributed by atoms with Gasteiger partial charge in [-0.3, -0.25) is 19.4 Å². The number of hydrogen-bond donors (Lipinski definition) is 0. The molecule has 0 bridgehead atoms. The monoisotopic (exact) mass is 456 g/mol. The Kier molecular flexibility index (Phi) is 12.1. The molecule has 0 atom stereocenters. The lowest BCUT2D eigenvalue weighted by atomic mass is 10.2. The van der Waals surface area contributed by atoms with Crippen LogP contribution >= 0.6 is 0 Å². The summed E-state index contributed by atoms with van der Waals surface area (Å²) < 4.78 is 11.0. The van der Waals surface area contributed by atoms with Crippen molar-refractivity contribution in [2.45, 2.75) is 65.6 Å². The van der Waals surface area contributed by atoms with Crippen molar-refractivity contribution < 1.29 is 19.1 Å². The van der Waals surface area contributed by atoms with Crippen molar-refractivity contribution in [1.82, 2.24) is 19.6 Å². The molecular formula is C24H48N4O4. The van der Waals surface area contributed by atoms with Crippen LogP contribution in [0.15, 0.2) is 0 Å². The minimum atomic E-state index is -0.456. The first-order chi connectivity index (χ1) is 14.7. The van der Waals surface area contributed by atoms with Crippen molar-refractivity contribution in [3.05, 3.63) is 0 Å². The molecule has 188 valence electrons. The fourth-order valence-corrected chi connectivity index (χ4v) is 3.63. The van der Waals surface area contributed by atoms with E-state index in [2.05, 4.69) is 33.7 Å². The lowest BCUT2D eigenvalue weighted by Gasteiger charge is -2.30. The van der Waals surface area contributed by atoms with Gasteiger partial charge in [0.1, 0.15) is 11.2 Å². The molecule has 1 saturated heterocycles. The fraction of sp³-hybridized carbons (Fsp3) is 0.917. The van der Waals surface area contributed by atoms with E-state index in [0.29, 0.717) is 13.1 Å². The van der Waals surface area contributed by atoms with E-state index in [-0.39, 0.29) is 11.9 Å². The fourth-order valence-electron chi connectivity index (χ4n) is 3.63. The molecule has 0 radical (unpaired) electrons. The average molecular weight is 457 g/mol. The van der Waals surface area contributed by atoms with Crippen LogP contribution in [0.25, 0.3) is 0 Å². The molecule has 0 saturated carbocycles. The van der Waals surface area contributed by atoms with Gasteiger partial charge >= 0.3 is 11.9 Å². The molecule has 1 aliphatic rings. The molecule has 0 aromatic heterocycles. The molecule has 8 nitrogen and oxygen atoms in total. The highest BCUT2D eigenvalue weighted by molar-refractivity contribution is 5.72. The summed E-state index contributed by atoms with van der Waals surface area (Å²) >= 11 is 0. The quantitative estimate of drug-likeness (QED) is 0.595. The number of hydrogen-bond acceptors (Lipinski definition) is 8. The minimum Gasteiger partial charge on any atom is -0.459 e. The third-order valence-corrected chi connectivity index (χ3v) is 5.17. The molecule has 0 aliphatic carbocycles. The smallest absolute Gasteiger partial charge is 0.320 e. The maximum Gasteiger partial charge on any atom is 0.320 e. The van der Waals surface area contributed by atoms with Gasteiger partial charge in [0.25, 0.3) is 0 Å². The molecular weight excluding hydrogens is 408 g/mol. The summed E-state index contributed by atoms with van der Waals surface area (Å²) in [6, 6.07) is 0. The number of nitrogens with zero attached hydrogens (tertiary/aromatic N) is 4. The molecule has 32 heavy (non-hydrogen) atoms. The van der Waals surface area contributed by atoms with Crippen LogP contribution in [0.2, 0.25) is 0 Å². The molecule has 0 unspecified atom stereocenters. The number of esters is 2. The van der Waals surface area contributed by atoms with E-state index < -0.39 is 11.2 Å². The van der Waals surface area contributed by atoms with E-state index in [1.807, 2.05) is 41.5 Å². The van der Waals surface area contributed by atoms with Gasteiger partial charge < -0.3 is 19.3 Å². The standard InChI is InChI=1S/C24H48N4O4/c1-23(2,3)31-21(29)19-27-13-9-11-26(8)16-18-28(14-10-12-25(7)15-17-27)20-22(30)32-24(4,5)6/h9-20H2,1-8H3. The van der Waals surface area contributed by atoms with Crippen LogP contribution in [-0.2, 0) is 19.1 Å². The lowest BCUT2D eigenvalue weighted by molar-refractivity contribution is -0.157. The highest BCUT2D eigenvalue weighted by Crippen LogP contribution is 2.09. The Balaban J connectivity index is 2.65. The summed E-state index contributed by atoms with van der Waals surface area (Å²) in [6.07, 6.45) is 1.96. The largest absolute Gasteiger partial charge is 0.459 e. The van der Waals surface area contributed by atoms with Crippen LogP contribution in [0.3, 0.4) is 0 Å². The van der Waals surface area contributed by atoms with Gasteiger partial charge in [0.15, 0.2) is 0 Å². The van der Waals surface area contributed by atoms with E-state index >= 15 is 0 Å². The van der Waals surface area contributed by atoms with Crippen LogP contribution < -0.4 is 0 Å². The Morgan fingerprint density at radius 1 is 0.594 bits per heavy atom. The number of carbonyl (C=O) groups is 2. The Labute approximate surface area is 196 Å². The lowest BCUT2D eigenvalue weighted by Crippen LogP contribution is -2.43. The van der Waals surface area contributed by atoms with Gasteiger partial charge in [0.2, 0.25) is 0 Å². The summed E-state index contributed by atoms with van der Waals surface area (Å²) in [5, 5.41) is 0. The Morgan fingerprint density at radius 2 is 0.938 bits per heavy atom. The van der Waals surface area contributed by atoms with Crippen molar-refractivity contribution in [3.63, 3.8) is 0 Å². The predicted octanol–water partition coefficient (Wildman–Crippen LogP) is 1.93. The van der Waals surface area contributed by atoms with Crippen LogP contribution in [0.5, 0.6) is 0 Å². The molecule has 0 aromatic rings. The number of carbonyl (C=O) groups excluding carboxylic acids is 2. The van der Waals surface area contributed by atoms with Gasteiger partial charge in [-0.25, -0.2) is 0 Å². The molecule has 0 N–H and O–H groups in total. The van der Waals surface area contributed by atoms with Gasteiger partial charge in [-0.1, -0.05) is 0 Å². The van der Waals surface area contributed by atoms with Crippen LogP contribution in [-0.4, -0.2) is 122 Å². The molecule has 0 aromatic carbocycles. The zero-order valence-electron chi connectivity index (χ0n) is 21.9. The normalized spacial score (nSPS) is 20.5. The van der Waals surface area contributed by atoms with E-state index in [1.54, 1.807) is 0 Å². The maximum absolute atomic E-state index is 12.3. The van der Waals surface area contributed by atoms with Gasteiger partial charge in [0.05, 0.1) is 13.1 Å². The van der Waals surface area contributed by atoms with Crippen molar-refractivity contribution in [1.29, 1.82) is 0 Å². The van der Waals surface area contributed by atoms with Crippen LogP contribution in [0.1, 0.15) is 54.4 Å². The first kappa shape index (κ1) is 28.8. The molecule has 0 spiro atoms. The summed E-state index contributed by atoms with van der Waals surface area (Å²) in [4.78, 5) is 33.7. The van der Waals surface area contributed by atoms with Crippen molar-refractivity contribution in [2.75, 3.05) is 79.5 Å². The summed E-state index contributed by atoms with van der Waals surface area (Å²) in [5.74, 6) is -0.320. The second kappa shape index (κ2) is 13.5. The SMILES string of the molecule is CN1CCCN(CC(=O)OC(C)(C)C)CCN(C)CCCN(CC(=O)OC(C)(C)C)CC1. The van der Waals surface area contributed by atoms with Crippen molar-refractivity contribution in [2.24, 2.45) is 0 Å². The van der Waals surface area contributed by atoms with E-state index in [1.165, 1.54) is 0 Å². The van der Waals surface area contributed by atoms with Gasteiger partial charge in [-0.15, -0.1) is 0 Å². The molecule has 1 aliphatic heterocycles. The highest BCUT2D eigenvalue weighted by Gasteiger charge is 2.21. The van der Waals surface area contributed by atoms with E-state index in [9.17, 15) is 9.59 Å². The van der Waals surface area contributed by atoms with E-state index in [4.69, 9.17) is 9.47 Å². The molecule has 0 amide bonds. The Morgan fingerprint density at radius 3 is 1.25 bits per heavy atom. The highest BCUT2D eigenvalue weighted by atomic mass is 16.6. The van der Waals surface area contributed by atoms with Crippen molar-refractivity contribution in [3.8, 4) is 0 Å². The van der Waals surface area contributed by atoms with Gasteiger partial charge in [-0.2, -0.15) is 0 Å². The number of rotatable bonds is 4. The maximum atomic E-state index is 12.3. The minimum absolute atomic E-state index is 0.160. The van der Waals surface area contributed by atoms with Gasteiger partial charge in [0, 0.05) is 39.3 Å². The second-order valence-electron chi connectivity index (χ2n) is 11.0. The summed E-state index contributed by atoms with van der Waals surface area (Å²) in [5.41, 5.74) is -0.913. The summed E-state index contributed by atoms with van der Waals surface area (Å²) in [7, 11) is 4.23. The number of ether oxygens (including phenoxy) is 2. The number of likely N-dealkylation sites (N-methyl/N-ethyl adjacent to an activating group) is 2. The Hall–Kier alpha value is -1.22. The first-order valence-electron chi connectivity index (χ1n) is 12.0. The first-order valence-corrected chi connectivity index (χ1v) is 12.0. The predicted molar refractivity (Wildman–Crippen MR) is 129 cm³/mol. The topological polar surface area (TPSA) is 65.6 Å². The molecule has 1 fully saturated rings. The third kappa shape index (κ3) is 14.8. The zero-order valence-corrected chi connectivity index (χ0v) is 21.9. The van der Waals surface area contributed by atoms with E-state index in [0.717, 1.165) is 65.2 Å². The van der Waals surface area contributed by atoms with Crippen molar-refractivity contribution >= 4 is 11.9 Å². The summed E-state index contributed by atoms with van der Waals surface area (Å²) in [6.45, 7) is 19.2. The molecule has 1 heterocycles. The average Bonchev–Trinajstić information content (AvgIpc) is 2.60. The second-order valence-corrected chi connectivity index (χ2v) is 11.0. The molecule has 8 heteroatoms. The van der Waals surface area contributed by atoms with Crippen LogP contribution in [0.4, 0.5) is 0 Å². The van der Waals surface area contributed by atoms with Crippen LogP contribution in [0, 0.1) is 0 Å². The molecule has 1 rings (SSSR count). The Bertz CT molecular complexity index is 521. The zero-order chi connectivity index (χ0) is 24.4.